The molecule has 0 saturated heterocycles. The molecule has 0 aliphatic heterocycles. The first-order chi connectivity index (χ1) is 9.82. The lowest BCUT2D eigenvalue weighted by atomic mass is 10.0. The topological polar surface area (TPSA) is 12.0 Å². The molecule has 0 saturated carbocycles. The monoisotopic (exact) mass is 317 g/mol. The lowest BCUT2D eigenvalue weighted by Crippen LogP contribution is -2.08. The fourth-order valence-electron chi connectivity index (χ4n) is 2.02. The van der Waals surface area contributed by atoms with Crippen molar-refractivity contribution < 1.29 is 17.6 Å². The number of hydrogen-bond donors (Lipinski definition) is 1. The molecule has 0 aromatic heterocycles. The van der Waals surface area contributed by atoms with Gasteiger partial charge in [0.1, 0.15) is 5.82 Å². The van der Waals surface area contributed by atoms with Gasteiger partial charge in [-0.05, 0) is 36.4 Å². The van der Waals surface area contributed by atoms with Crippen molar-refractivity contribution in [2.75, 3.05) is 7.05 Å². The molecule has 112 valence electrons. The molecule has 21 heavy (non-hydrogen) atoms. The predicted molar refractivity (Wildman–Crippen MR) is 74.6 cm³/mol. The zero-order chi connectivity index (χ0) is 15.6. The van der Waals surface area contributed by atoms with E-state index in [0.717, 1.165) is 17.7 Å². The van der Waals surface area contributed by atoms with E-state index in [1.165, 1.54) is 6.07 Å². The molecule has 0 fully saturated rings. The highest BCUT2D eigenvalue weighted by molar-refractivity contribution is 6.33. The van der Waals surface area contributed by atoms with E-state index in [9.17, 15) is 17.6 Å². The molecule has 0 radical (unpaired) electrons. The Morgan fingerprint density at radius 1 is 1.10 bits per heavy atom. The van der Waals surface area contributed by atoms with Crippen molar-refractivity contribution >= 4 is 11.6 Å². The number of halogens is 5. The summed E-state index contributed by atoms with van der Waals surface area (Å²) in [6.07, 6.45) is -4.74. The second-order valence-electron chi connectivity index (χ2n) is 4.54. The van der Waals surface area contributed by atoms with Gasteiger partial charge in [-0.1, -0.05) is 29.8 Å². The average Bonchev–Trinajstić information content (AvgIpc) is 2.39. The highest BCUT2D eigenvalue weighted by Gasteiger charge is 2.34. The third-order valence-electron chi connectivity index (χ3n) is 3.00. The molecule has 2 aromatic rings. The Morgan fingerprint density at radius 3 is 2.38 bits per heavy atom. The maximum absolute atomic E-state index is 13.3. The Balaban J connectivity index is 2.48. The zero-order valence-electron chi connectivity index (χ0n) is 11.1. The lowest BCUT2D eigenvalue weighted by molar-refractivity contribution is -0.139. The van der Waals surface area contributed by atoms with E-state index in [4.69, 9.17) is 11.6 Å². The van der Waals surface area contributed by atoms with E-state index in [1.54, 1.807) is 25.2 Å². The van der Waals surface area contributed by atoms with Crippen LogP contribution in [0, 0.1) is 5.82 Å². The number of alkyl halides is 3. The Kier molecular flexibility index (Phi) is 4.54. The molecule has 0 amide bonds. The first-order valence-electron chi connectivity index (χ1n) is 6.13. The lowest BCUT2D eigenvalue weighted by Gasteiger charge is -2.12. The van der Waals surface area contributed by atoms with Gasteiger partial charge in [-0.2, -0.15) is 13.2 Å². The number of benzene rings is 2. The fourth-order valence-corrected chi connectivity index (χ4v) is 2.33. The van der Waals surface area contributed by atoms with Crippen LogP contribution in [0.4, 0.5) is 17.6 Å². The smallest absolute Gasteiger partial charge is 0.316 e. The SMILES string of the molecule is CNCc1ccc(-c2ccc(F)c(C(F)(F)F)c2)c(Cl)c1. The molecule has 2 rings (SSSR count). The molecular formula is C15H12ClF4N. The molecule has 0 heterocycles. The Bertz CT molecular complexity index is 653. The summed E-state index contributed by atoms with van der Waals surface area (Å²) in [6.45, 7) is 0.594. The van der Waals surface area contributed by atoms with Crippen LogP contribution in [0.25, 0.3) is 11.1 Å². The van der Waals surface area contributed by atoms with Gasteiger partial charge in [0.2, 0.25) is 0 Å². The third-order valence-corrected chi connectivity index (χ3v) is 3.31. The van der Waals surface area contributed by atoms with Crippen LogP contribution in [0.1, 0.15) is 11.1 Å². The van der Waals surface area contributed by atoms with Gasteiger partial charge in [0.15, 0.2) is 0 Å². The minimum atomic E-state index is -4.74. The van der Waals surface area contributed by atoms with Crippen molar-refractivity contribution in [1.29, 1.82) is 0 Å². The van der Waals surface area contributed by atoms with Gasteiger partial charge in [-0.15, -0.1) is 0 Å². The second kappa shape index (κ2) is 6.03. The van der Waals surface area contributed by atoms with Crippen LogP contribution in [0.3, 0.4) is 0 Å². The summed E-state index contributed by atoms with van der Waals surface area (Å²) >= 11 is 6.10. The maximum Gasteiger partial charge on any atom is 0.419 e. The van der Waals surface area contributed by atoms with Crippen LogP contribution in [-0.4, -0.2) is 7.05 Å². The summed E-state index contributed by atoms with van der Waals surface area (Å²) in [6, 6.07) is 7.91. The van der Waals surface area contributed by atoms with Crippen molar-refractivity contribution in [2.45, 2.75) is 12.7 Å². The fraction of sp³-hybridized carbons (Fsp3) is 0.200. The van der Waals surface area contributed by atoms with E-state index in [1.807, 2.05) is 0 Å². The van der Waals surface area contributed by atoms with Gasteiger partial charge in [0.25, 0.3) is 0 Å². The number of hydrogen-bond acceptors (Lipinski definition) is 1. The highest BCUT2D eigenvalue weighted by Crippen LogP contribution is 2.36. The third kappa shape index (κ3) is 3.54. The van der Waals surface area contributed by atoms with Crippen molar-refractivity contribution in [3.8, 4) is 11.1 Å². The van der Waals surface area contributed by atoms with Gasteiger partial charge in [0, 0.05) is 17.1 Å². The summed E-state index contributed by atoms with van der Waals surface area (Å²) < 4.78 is 51.5. The highest BCUT2D eigenvalue weighted by atomic mass is 35.5. The maximum atomic E-state index is 13.3. The van der Waals surface area contributed by atoms with Crippen LogP contribution >= 0.6 is 11.6 Å². The second-order valence-corrected chi connectivity index (χ2v) is 4.94. The minimum absolute atomic E-state index is 0.227. The van der Waals surface area contributed by atoms with Crippen molar-refractivity contribution in [1.82, 2.24) is 5.32 Å². The largest absolute Gasteiger partial charge is 0.419 e. The number of rotatable bonds is 3. The molecule has 1 N–H and O–H groups in total. The van der Waals surface area contributed by atoms with Crippen LogP contribution < -0.4 is 5.32 Å². The van der Waals surface area contributed by atoms with E-state index in [2.05, 4.69) is 5.32 Å². The van der Waals surface area contributed by atoms with E-state index in [-0.39, 0.29) is 5.56 Å². The summed E-state index contributed by atoms with van der Waals surface area (Å²) in [4.78, 5) is 0. The predicted octanol–water partition coefficient (Wildman–Crippen LogP) is 4.88. The van der Waals surface area contributed by atoms with Gasteiger partial charge in [0.05, 0.1) is 5.56 Å². The first kappa shape index (κ1) is 15.8. The van der Waals surface area contributed by atoms with Crippen molar-refractivity contribution in [2.24, 2.45) is 0 Å². The van der Waals surface area contributed by atoms with Crippen LogP contribution in [0.15, 0.2) is 36.4 Å². The minimum Gasteiger partial charge on any atom is -0.316 e. The zero-order valence-corrected chi connectivity index (χ0v) is 11.8. The van der Waals surface area contributed by atoms with Crippen LogP contribution in [0.2, 0.25) is 5.02 Å². The Labute approximate surface area is 124 Å². The molecule has 2 aromatic carbocycles. The molecule has 0 spiro atoms. The van der Waals surface area contributed by atoms with Crippen LogP contribution in [-0.2, 0) is 12.7 Å². The summed E-state index contributed by atoms with van der Waals surface area (Å²) in [5.41, 5.74) is 0.270. The molecule has 1 nitrogen and oxygen atoms in total. The molecule has 0 aliphatic rings. The quantitative estimate of drug-likeness (QED) is 0.795. The van der Waals surface area contributed by atoms with Gasteiger partial charge >= 0.3 is 6.18 Å². The van der Waals surface area contributed by atoms with Gasteiger partial charge in [-0.3, -0.25) is 0 Å². The van der Waals surface area contributed by atoms with E-state index in [0.29, 0.717) is 17.1 Å². The average molecular weight is 318 g/mol. The molecule has 6 heteroatoms. The van der Waals surface area contributed by atoms with E-state index >= 15 is 0 Å². The Hall–Kier alpha value is -1.59. The normalized spacial score (nSPS) is 11.7. The van der Waals surface area contributed by atoms with Crippen molar-refractivity contribution in [3.63, 3.8) is 0 Å². The first-order valence-corrected chi connectivity index (χ1v) is 6.51. The number of nitrogens with one attached hydrogen (secondary N) is 1. The summed E-state index contributed by atoms with van der Waals surface area (Å²) in [5, 5.41) is 3.27. The standard InChI is InChI=1S/C15H12ClF4N/c1-21-8-9-2-4-11(13(16)6-9)10-3-5-14(17)12(7-10)15(18,19)20/h2-7,21H,8H2,1H3. The molecule has 0 atom stereocenters. The van der Waals surface area contributed by atoms with Crippen molar-refractivity contribution in [3.05, 3.63) is 58.4 Å². The Morgan fingerprint density at radius 2 is 1.81 bits per heavy atom. The molecule has 0 bridgehead atoms. The van der Waals surface area contributed by atoms with Crippen LogP contribution in [0.5, 0.6) is 0 Å². The molecule has 0 unspecified atom stereocenters. The molecule has 0 aliphatic carbocycles. The summed E-state index contributed by atoms with van der Waals surface area (Å²) in [5.74, 6) is -1.30. The van der Waals surface area contributed by atoms with Gasteiger partial charge in [-0.25, -0.2) is 4.39 Å². The molecular weight excluding hydrogens is 306 g/mol. The van der Waals surface area contributed by atoms with E-state index < -0.39 is 17.6 Å². The summed E-state index contributed by atoms with van der Waals surface area (Å²) in [7, 11) is 1.78. The van der Waals surface area contributed by atoms with Gasteiger partial charge < -0.3 is 5.32 Å².